The third-order valence-electron chi connectivity index (χ3n) is 5.84. The topological polar surface area (TPSA) is 3.24 Å². The minimum Gasteiger partial charge on any atom is -0.306 e. The number of likely N-dealkylation sites (tertiary alicyclic amines) is 1. The highest BCUT2D eigenvalue weighted by Gasteiger charge is 2.25. The van der Waals surface area contributed by atoms with Crippen LogP contribution in [0.1, 0.15) is 68.4 Å². The van der Waals surface area contributed by atoms with Crippen LogP contribution in [-0.4, -0.2) is 32.2 Å². The molecule has 1 saturated heterocycles. The van der Waals surface area contributed by atoms with Gasteiger partial charge in [0.05, 0.1) is 8.07 Å². The molecule has 0 unspecified atom stereocenters. The van der Waals surface area contributed by atoms with Crippen LogP contribution in [0.3, 0.4) is 0 Å². The third-order valence-corrected chi connectivity index (χ3v) is 8.51. The molecule has 3 heteroatoms. The summed E-state index contributed by atoms with van der Waals surface area (Å²) in [5, 5.41) is 0. The first kappa shape index (κ1) is 20.0. The molecule has 1 aromatic carbocycles. The van der Waals surface area contributed by atoms with Crippen molar-refractivity contribution in [2.45, 2.75) is 76.4 Å². The standard InChI is InChI=1S/C21H35NSi.ClH/c1-23(2,18-22-15-7-4-8-16-22)17-19-11-13-21(14-12-19)20-9-5-3-6-10-20;/h11-14,20H,3-10,15-18H2,1-2H3;1H. The van der Waals surface area contributed by atoms with Crippen LogP contribution in [-0.2, 0) is 6.04 Å². The fraction of sp³-hybridized carbons (Fsp3) is 0.714. The van der Waals surface area contributed by atoms with Gasteiger partial charge in [0.1, 0.15) is 0 Å². The Balaban J connectivity index is 0.00000208. The summed E-state index contributed by atoms with van der Waals surface area (Å²) < 4.78 is 0. The van der Waals surface area contributed by atoms with Gasteiger partial charge in [-0.3, -0.25) is 0 Å². The SMILES string of the molecule is C[Si](C)(Cc1ccc(C2CCCCC2)cc1)CN1CCCCC1.Cl. The molecule has 0 N–H and O–H groups in total. The van der Waals surface area contributed by atoms with Crippen LogP contribution in [0.2, 0.25) is 13.1 Å². The molecule has 2 fully saturated rings. The van der Waals surface area contributed by atoms with E-state index in [1.54, 1.807) is 11.1 Å². The van der Waals surface area contributed by atoms with E-state index in [1.807, 2.05) is 0 Å². The Morgan fingerprint density at radius 3 is 2.08 bits per heavy atom. The predicted octanol–water partition coefficient (Wildman–Crippen LogP) is 5.97. The van der Waals surface area contributed by atoms with Crippen molar-refractivity contribution in [1.82, 2.24) is 4.90 Å². The Labute approximate surface area is 156 Å². The van der Waals surface area contributed by atoms with E-state index in [0.29, 0.717) is 0 Å². The largest absolute Gasteiger partial charge is 0.306 e. The van der Waals surface area contributed by atoms with Gasteiger partial charge in [-0.15, -0.1) is 12.4 Å². The van der Waals surface area contributed by atoms with Crippen LogP contribution in [0, 0.1) is 0 Å². The van der Waals surface area contributed by atoms with Crippen LogP contribution in [0.4, 0.5) is 0 Å². The molecule has 0 spiro atoms. The lowest BCUT2D eigenvalue weighted by Gasteiger charge is -2.34. The number of halogens is 1. The maximum atomic E-state index is 2.74. The van der Waals surface area contributed by atoms with Crippen molar-refractivity contribution in [1.29, 1.82) is 0 Å². The second-order valence-electron chi connectivity index (χ2n) is 8.75. The number of nitrogens with zero attached hydrogens (tertiary/aromatic N) is 1. The lowest BCUT2D eigenvalue weighted by atomic mass is 9.84. The zero-order valence-corrected chi connectivity index (χ0v) is 17.5. The first-order valence-corrected chi connectivity index (χ1v) is 13.4. The smallest absolute Gasteiger partial charge is 0.0672 e. The summed E-state index contributed by atoms with van der Waals surface area (Å²) in [6.07, 6.45) is 12.8. The number of piperidine rings is 1. The molecular formula is C21H36ClNSi. The van der Waals surface area contributed by atoms with Gasteiger partial charge in [-0.1, -0.05) is 68.6 Å². The van der Waals surface area contributed by atoms with Crippen molar-refractivity contribution < 1.29 is 0 Å². The highest BCUT2D eigenvalue weighted by Crippen LogP contribution is 2.32. The monoisotopic (exact) mass is 365 g/mol. The average molecular weight is 366 g/mol. The molecule has 0 radical (unpaired) electrons. The molecule has 1 heterocycles. The zero-order chi connectivity index (χ0) is 16.1. The molecule has 1 aliphatic heterocycles. The average Bonchev–Trinajstić information content (AvgIpc) is 2.56. The quantitative estimate of drug-likeness (QED) is 0.581. The lowest BCUT2D eigenvalue weighted by molar-refractivity contribution is 0.258. The van der Waals surface area contributed by atoms with E-state index in [4.69, 9.17) is 0 Å². The van der Waals surface area contributed by atoms with Gasteiger partial charge in [-0.2, -0.15) is 0 Å². The fourth-order valence-electron chi connectivity index (χ4n) is 4.67. The van der Waals surface area contributed by atoms with Crippen LogP contribution >= 0.6 is 12.4 Å². The highest BCUT2D eigenvalue weighted by atomic mass is 35.5. The summed E-state index contributed by atoms with van der Waals surface area (Å²) >= 11 is 0. The van der Waals surface area contributed by atoms with Crippen molar-refractivity contribution in [3.8, 4) is 0 Å². The lowest BCUT2D eigenvalue weighted by Crippen LogP contribution is -2.46. The van der Waals surface area contributed by atoms with Gasteiger partial charge in [0.25, 0.3) is 0 Å². The predicted molar refractivity (Wildman–Crippen MR) is 111 cm³/mol. The van der Waals surface area contributed by atoms with Crippen LogP contribution in [0.5, 0.6) is 0 Å². The Bertz CT molecular complexity index is 473. The summed E-state index contributed by atoms with van der Waals surface area (Å²) in [7, 11) is -1.16. The van der Waals surface area contributed by atoms with Crippen molar-refractivity contribution >= 4 is 20.5 Å². The molecule has 136 valence electrons. The van der Waals surface area contributed by atoms with Crippen molar-refractivity contribution in [2.75, 3.05) is 19.3 Å². The van der Waals surface area contributed by atoms with Gasteiger partial charge < -0.3 is 4.90 Å². The molecule has 1 saturated carbocycles. The molecule has 1 nitrogen and oxygen atoms in total. The highest BCUT2D eigenvalue weighted by molar-refractivity contribution is 6.77. The molecule has 0 atom stereocenters. The second kappa shape index (κ2) is 9.40. The minimum atomic E-state index is -1.16. The zero-order valence-electron chi connectivity index (χ0n) is 15.7. The number of benzene rings is 1. The molecule has 2 aliphatic rings. The molecule has 0 amide bonds. The van der Waals surface area contributed by atoms with Crippen molar-refractivity contribution in [3.05, 3.63) is 35.4 Å². The van der Waals surface area contributed by atoms with Gasteiger partial charge >= 0.3 is 0 Å². The summed E-state index contributed by atoms with van der Waals surface area (Å²) in [6.45, 7) is 7.85. The van der Waals surface area contributed by atoms with Gasteiger partial charge in [-0.05, 0) is 62.5 Å². The van der Waals surface area contributed by atoms with E-state index in [2.05, 4.69) is 42.3 Å². The Kier molecular flexibility index (Phi) is 7.84. The van der Waals surface area contributed by atoms with Gasteiger partial charge in [0, 0.05) is 0 Å². The maximum Gasteiger partial charge on any atom is 0.0672 e. The summed E-state index contributed by atoms with van der Waals surface area (Å²) in [6, 6.07) is 11.1. The van der Waals surface area contributed by atoms with Crippen molar-refractivity contribution in [3.63, 3.8) is 0 Å². The third kappa shape index (κ3) is 5.89. The first-order valence-electron chi connectivity index (χ1n) is 9.94. The normalized spacial score (nSPS) is 20.6. The summed E-state index contributed by atoms with van der Waals surface area (Å²) in [5.74, 6) is 0.844. The van der Waals surface area contributed by atoms with E-state index in [-0.39, 0.29) is 12.4 Å². The van der Waals surface area contributed by atoms with E-state index in [9.17, 15) is 0 Å². The van der Waals surface area contributed by atoms with E-state index in [1.165, 1.54) is 76.7 Å². The summed E-state index contributed by atoms with van der Waals surface area (Å²) in [4.78, 5) is 2.74. The van der Waals surface area contributed by atoms with E-state index >= 15 is 0 Å². The van der Waals surface area contributed by atoms with E-state index in [0.717, 1.165) is 5.92 Å². The Morgan fingerprint density at radius 1 is 0.875 bits per heavy atom. The number of hydrogen-bond donors (Lipinski definition) is 0. The molecule has 0 aromatic heterocycles. The number of hydrogen-bond acceptors (Lipinski definition) is 1. The molecule has 1 aromatic rings. The first-order chi connectivity index (χ1) is 11.1. The van der Waals surface area contributed by atoms with Crippen LogP contribution in [0.15, 0.2) is 24.3 Å². The number of rotatable bonds is 5. The van der Waals surface area contributed by atoms with Gasteiger partial charge in [0.15, 0.2) is 0 Å². The molecule has 1 aliphatic carbocycles. The molecule has 3 rings (SSSR count). The maximum absolute atomic E-state index is 2.74. The Morgan fingerprint density at radius 2 is 1.46 bits per heavy atom. The Hall–Kier alpha value is -0.313. The second-order valence-corrected chi connectivity index (χ2v) is 13.8. The molecular weight excluding hydrogens is 330 g/mol. The van der Waals surface area contributed by atoms with Crippen LogP contribution in [0.25, 0.3) is 0 Å². The van der Waals surface area contributed by atoms with Gasteiger partial charge in [0.2, 0.25) is 0 Å². The summed E-state index contributed by atoms with van der Waals surface area (Å²) in [5.41, 5.74) is 3.18. The molecule has 24 heavy (non-hydrogen) atoms. The van der Waals surface area contributed by atoms with Gasteiger partial charge in [-0.25, -0.2) is 0 Å². The van der Waals surface area contributed by atoms with Crippen molar-refractivity contribution in [2.24, 2.45) is 0 Å². The van der Waals surface area contributed by atoms with E-state index < -0.39 is 8.07 Å². The van der Waals surface area contributed by atoms with Crippen LogP contribution < -0.4 is 0 Å². The minimum absolute atomic E-state index is 0. The molecule has 0 bridgehead atoms. The fourth-order valence-corrected chi connectivity index (χ4v) is 7.65.